The fourth-order valence-corrected chi connectivity index (χ4v) is 2.77. The second-order valence-electron chi connectivity index (χ2n) is 5.64. The third-order valence-corrected chi connectivity index (χ3v) is 3.68. The van der Waals surface area contributed by atoms with Gasteiger partial charge in [-0.3, -0.25) is 4.68 Å². The zero-order valence-corrected chi connectivity index (χ0v) is 12.0. The van der Waals surface area contributed by atoms with E-state index >= 15 is 0 Å². The van der Waals surface area contributed by atoms with Gasteiger partial charge in [0.2, 0.25) is 0 Å². The molecule has 5 atom stereocenters. The van der Waals surface area contributed by atoms with E-state index in [0.29, 0.717) is 6.61 Å². The molecule has 0 saturated carbocycles. The number of aliphatic hydroxyl groups is 1. The van der Waals surface area contributed by atoms with E-state index in [1.807, 2.05) is 13.8 Å². The van der Waals surface area contributed by atoms with Gasteiger partial charge < -0.3 is 25.2 Å². The fraction of sp³-hybridized carbons (Fsp3) is 0.692. The molecule has 2 amide bonds. The number of aliphatic hydroxyl groups excluding tert-OH is 1. The van der Waals surface area contributed by atoms with Crippen LogP contribution in [-0.4, -0.2) is 58.1 Å². The van der Waals surface area contributed by atoms with Crippen molar-refractivity contribution in [2.45, 2.75) is 50.5 Å². The molecule has 2 fully saturated rings. The summed E-state index contributed by atoms with van der Waals surface area (Å²) >= 11 is 0. The molecule has 8 nitrogen and oxygen atoms in total. The molecule has 21 heavy (non-hydrogen) atoms. The summed E-state index contributed by atoms with van der Waals surface area (Å²) in [7, 11) is 0. The Labute approximate surface area is 122 Å². The molecule has 3 heterocycles. The number of ether oxygens (including phenoxy) is 2. The predicted molar refractivity (Wildman–Crippen MR) is 72.5 cm³/mol. The first-order chi connectivity index (χ1) is 10.1. The lowest BCUT2D eigenvalue weighted by atomic mass is 9.96. The Kier molecular flexibility index (Phi) is 3.83. The Bertz CT molecular complexity index is 492. The number of aromatic nitrogens is 2. The number of rotatable bonds is 3. The van der Waals surface area contributed by atoms with Gasteiger partial charge in [0, 0.05) is 18.4 Å². The molecule has 1 aromatic rings. The molecule has 3 rings (SSSR count). The molecule has 2 bridgehead atoms. The summed E-state index contributed by atoms with van der Waals surface area (Å²) in [5, 5.41) is 20.3. The number of nitrogens with zero attached hydrogens (tertiary/aromatic N) is 2. The van der Waals surface area contributed by atoms with Gasteiger partial charge in [0.25, 0.3) is 0 Å². The molecule has 0 aliphatic carbocycles. The van der Waals surface area contributed by atoms with E-state index in [1.165, 1.54) is 0 Å². The monoisotopic (exact) mass is 296 g/mol. The summed E-state index contributed by atoms with van der Waals surface area (Å²) in [6.07, 6.45) is 1.63. The predicted octanol–water partition coefficient (Wildman–Crippen LogP) is -0.384. The minimum atomic E-state index is -0.839. The Morgan fingerprint density at radius 2 is 2.33 bits per heavy atom. The Morgan fingerprint density at radius 3 is 3.00 bits per heavy atom. The minimum absolute atomic E-state index is 0.0149. The average Bonchev–Trinajstić information content (AvgIpc) is 3.05. The number of nitrogens with one attached hydrogen (secondary N) is 2. The molecule has 2 aliphatic heterocycles. The van der Waals surface area contributed by atoms with E-state index < -0.39 is 24.5 Å². The first kappa shape index (κ1) is 14.3. The average molecular weight is 296 g/mol. The summed E-state index contributed by atoms with van der Waals surface area (Å²) < 4.78 is 12.9. The first-order valence-corrected chi connectivity index (χ1v) is 7.07. The van der Waals surface area contributed by atoms with Gasteiger partial charge in [-0.25, -0.2) is 4.79 Å². The lowest BCUT2D eigenvalue weighted by molar-refractivity contribution is -0.166. The standard InChI is InChI=1S/C13H20N4O4/c1-7(2)15-13(19)16-9-8-6-20-12(21-8)10(11(9)18)17-5-3-4-14-17/h3-5,7-12,18H,6H2,1-2H3,(H2,15,16,19). The molecule has 8 heteroatoms. The maximum atomic E-state index is 11.9. The number of fused-ring (bicyclic) bond motifs is 2. The van der Waals surface area contributed by atoms with Crippen molar-refractivity contribution >= 4 is 6.03 Å². The van der Waals surface area contributed by atoms with Crippen LogP contribution < -0.4 is 10.6 Å². The van der Waals surface area contributed by atoms with Crippen molar-refractivity contribution in [1.29, 1.82) is 0 Å². The van der Waals surface area contributed by atoms with Crippen LogP contribution in [0.4, 0.5) is 4.79 Å². The number of amides is 2. The topological polar surface area (TPSA) is 97.6 Å². The van der Waals surface area contributed by atoms with Crippen molar-refractivity contribution in [2.75, 3.05) is 6.61 Å². The largest absolute Gasteiger partial charge is 0.388 e. The number of hydrogen-bond acceptors (Lipinski definition) is 5. The third-order valence-electron chi connectivity index (χ3n) is 3.68. The molecule has 116 valence electrons. The van der Waals surface area contributed by atoms with Crippen molar-refractivity contribution in [3.8, 4) is 0 Å². The lowest BCUT2D eigenvalue weighted by Crippen LogP contribution is -2.60. The van der Waals surface area contributed by atoms with Crippen molar-refractivity contribution < 1.29 is 19.4 Å². The summed E-state index contributed by atoms with van der Waals surface area (Å²) in [6.45, 7) is 4.08. The summed E-state index contributed by atoms with van der Waals surface area (Å²) in [4.78, 5) is 11.9. The second kappa shape index (κ2) is 5.63. The van der Waals surface area contributed by atoms with Gasteiger partial charge in [0.1, 0.15) is 18.2 Å². The normalized spacial score (nSPS) is 35.0. The highest BCUT2D eigenvalue weighted by Crippen LogP contribution is 2.35. The van der Waals surface area contributed by atoms with Crippen LogP contribution in [0.1, 0.15) is 19.9 Å². The van der Waals surface area contributed by atoms with Gasteiger partial charge in [-0.2, -0.15) is 5.10 Å². The summed E-state index contributed by atoms with van der Waals surface area (Å²) in [5.41, 5.74) is 0. The molecular formula is C13H20N4O4. The highest BCUT2D eigenvalue weighted by molar-refractivity contribution is 5.74. The molecule has 3 N–H and O–H groups in total. The van der Waals surface area contributed by atoms with Gasteiger partial charge in [0.05, 0.1) is 12.6 Å². The van der Waals surface area contributed by atoms with Crippen molar-refractivity contribution in [3.05, 3.63) is 18.5 Å². The van der Waals surface area contributed by atoms with Crippen LogP contribution >= 0.6 is 0 Å². The lowest BCUT2D eigenvalue weighted by Gasteiger charge is -2.38. The van der Waals surface area contributed by atoms with E-state index in [0.717, 1.165) is 0 Å². The molecule has 5 unspecified atom stereocenters. The molecule has 0 spiro atoms. The smallest absolute Gasteiger partial charge is 0.315 e. The van der Waals surface area contributed by atoms with Gasteiger partial charge in [0.15, 0.2) is 6.29 Å². The van der Waals surface area contributed by atoms with Crippen molar-refractivity contribution in [2.24, 2.45) is 0 Å². The van der Waals surface area contributed by atoms with E-state index in [9.17, 15) is 9.90 Å². The van der Waals surface area contributed by atoms with Crippen LogP contribution in [-0.2, 0) is 9.47 Å². The van der Waals surface area contributed by atoms with Crippen LogP contribution in [0.25, 0.3) is 0 Å². The Hall–Kier alpha value is -1.64. The van der Waals surface area contributed by atoms with Crippen LogP contribution in [0, 0.1) is 0 Å². The zero-order chi connectivity index (χ0) is 15.0. The number of urea groups is 1. The van der Waals surface area contributed by atoms with E-state index in [4.69, 9.17) is 9.47 Å². The van der Waals surface area contributed by atoms with Crippen LogP contribution in [0.5, 0.6) is 0 Å². The zero-order valence-electron chi connectivity index (χ0n) is 12.0. The van der Waals surface area contributed by atoms with E-state index in [-0.39, 0.29) is 18.2 Å². The molecule has 2 saturated heterocycles. The minimum Gasteiger partial charge on any atom is -0.388 e. The molecule has 0 aromatic carbocycles. The Balaban J connectivity index is 1.76. The highest BCUT2D eigenvalue weighted by Gasteiger charge is 2.51. The van der Waals surface area contributed by atoms with Gasteiger partial charge in [-0.1, -0.05) is 0 Å². The molecule has 1 aromatic heterocycles. The van der Waals surface area contributed by atoms with Crippen LogP contribution in [0.2, 0.25) is 0 Å². The second-order valence-corrected chi connectivity index (χ2v) is 5.64. The van der Waals surface area contributed by atoms with Gasteiger partial charge in [-0.05, 0) is 19.9 Å². The molecule has 2 aliphatic rings. The summed E-state index contributed by atoms with van der Waals surface area (Å²) in [5.74, 6) is 0. The third kappa shape index (κ3) is 2.74. The fourth-order valence-electron chi connectivity index (χ4n) is 2.77. The SMILES string of the molecule is CC(C)NC(=O)NC1C2COC(O2)C(n2cccn2)C1O. The number of carbonyl (C=O) groups is 1. The quantitative estimate of drug-likeness (QED) is 0.706. The first-order valence-electron chi connectivity index (χ1n) is 7.07. The number of hydrogen-bond donors (Lipinski definition) is 3. The van der Waals surface area contributed by atoms with Crippen molar-refractivity contribution in [1.82, 2.24) is 20.4 Å². The highest BCUT2D eigenvalue weighted by atomic mass is 16.7. The van der Waals surface area contributed by atoms with Crippen LogP contribution in [0.15, 0.2) is 18.5 Å². The number of carbonyl (C=O) groups excluding carboxylic acids is 1. The maximum Gasteiger partial charge on any atom is 0.315 e. The Morgan fingerprint density at radius 1 is 1.52 bits per heavy atom. The van der Waals surface area contributed by atoms with Crippen LogP contribution in [0.3, 0.4) is 0 Å². The van der Waals surface area contributed by atoms with E-state index in [1.54, 1.807) is 23.1 Å². The molecule has 0 radical (unpaired) electrons. The van der Waals surface area contributed by atoms with Crippen molar-refractivity contribution in [3.63, 3.8) is 0 Å². The summed E-state index contributed by atoms with van der Waals surface area (Å²) in [6, 6.07) is 0.421. The molecular weight excluding hydrogens is 276 g/mol. The van der Waals surface area contributed by atoms with Gasteiger partial charge >= 0.3 is 6.03 Å². The van der Waals surface area contributed by atoms with E-state index in [2.05, 4.69) is 15.7 Å². The maximum absolute atomic E-state index is 11.9. The van der Waals surface area contributed by atoms with Gasteiger partial charge in [-0.15, -0.1) is 0 Å².